The number of ketones is 1. The maximum atomic E-state index is 13.9. The molecule has 0 aliphatic heterocycles. The van der Waals surface area contributed by atoms with Crippen molar-refractivity contribution in [3.05, 3.63) is 59.5 Å². The fraction of sp³-hybridized carbons (Fsp3) is 0.0667. The fourth-order valence-corrected chi connectivity index (χ4v) is 2.15. The fourth-order valence-electron chi connectivity index (χ4n) is 2.15. The summed E-state index contributed by atoms with van der Waals surface area (Å²) < 4.78 is 19.0. The zero-order chi connectivity index (χ0) is 14.1. The third kappa shape index (κ3) is 1.84. The van der Waals surface area contributed by atoms with Crippen LogP contribution in [0.5, 0.6) is 5.75 Å². The molecule has 0 aliphatic rings. The molecule has 100 valence electrons. The number of hydrogen-bond acceptors (Lipinski definition) is 3. The van der Waals surface area contributed by atoms with E-state index in [4.69, 9.17) is 4.74 Å². The van der Waals surface area contributed by atoms with Gasteiger partial charge in [-0.2, -0.15) is 5.10 Å². The molecule has 3 aromatic rings. The van der Waals surface area contributed by atoms with Crippen molar-refractivity contribution in [2.24, 2.45) is 0 Å². The van der Waals surface area contributed by atoms with Crippen LogP contribution in [0.4, 0.5) is 4.39 Å². The highest BCUT2D eigenvalue weighted by atomic mass is 19.1. The molecule has 3 rings (SSSR count). The van der Waals surface area contributed by atoms with Crippen molar-refractivity contribution < 1.29 is 13.9 Å². The minimum atomic E-state index is -0.624. The molecule has 0 saturated heterocycles. The molecule has 20 heavy (non-hydrogen) atoms. The number of nitrogens with zero attached hydrogens (tertiary/aromatic N) is 1. The number of halogens is 1. The SMILES string of the molecule is COc1cccc(F)c1C(=O)c1n[nH]c2ccccc12. The number of ether oxygens (including phenoxy) is 1. The van der Waals surface area contributed by atoms with Gasteiger partial charge < -0.3 is 4.74 Å². The van der Waals surface area contributed by atoms with Crippen LogP contribution in [0.15, 0.2) is 42.5 Å². The topological polar surface area (TPSA) is 55.0 Å². The average molecular weight is 270 g/mol. The van der Waals surface area contributed by atoms with E-state index < -0.39 is 11.6 Å². The van der Waals surface area contributed by atoms with Gasteiger partial charge in [-0.1, -0.05) is 24.3 Å². The number of aromatic amines is 1. The predicted octanol–water partition coefficient (Wildman–Crippen LogP) is 2.94. The molecule has 1 heterocycles. The van der Waals surface area contributed by atoms with Crippen molar-refractivity contribution in [1.29, 1.82) is 0 Å². The van der Waals surface area contributed by atoms with Crippen LogP contribution in [-0.2, 0) is 0 Å². The summed E-state index contributed by atoms with van der Waals surface area (Å²) in [6, 6.07) is 11.5. The second kappa shape index (κ2) is 4.77. The van der Waals surface area contributed by atoms with Crippen molar-refractivity contribution in [2.45, 2.75) is 0 Å². The number of hydrogen-bond donors (Lipinski definition) is 1. The summed E-state index contributed by atoms with van der Waals surface area (Å²) in [5.41, 5.74) is 0.808. The van der Waals surface area contributed by atoms with Gasteiger partial charge in [-0.15, -0.1) is 0 Å². The van der Waals surface area contributed by atoms with Crippen LogP contribution in [0.25, 0.3) is 10.9 Å². The smallest absolute Gasteiger partial charge is 0.220 e. The van der Waals surface area contributed by atoms with Gasteiger partial charge in [-0.25, -0.2) is 4.39 Å². The molecule has 0 bridgehead atoms. The quantitative estimate of drug-likeness (QED) is 0.744. The molecule has 0 radical (unpaired) electrons. The van der Waals surface area contributed by atoms with E-state index in [9.17, 15) is 9.18 Å². The number of carbonyl (C=O) groups is 1. The zero-order valence-electron chi connectivity index (χ0n) is 10.7. The lowest BCUT2D eigenvalue weighted by Crippen LogP contribution is -2.07. The third-order valence-electron chi connectivity index (χ3n) is 3.11. The first-order valence-electron chi connectivity index (χ1n) is 6.02. The Morgan fingerprint density at radius 2 is 2.00 bits per heavy atom. The van der Waals surface area contributed by atoms with Crippen molar-refractivity contribution in [3.63, 3.8) is 0 Å². The van der Waals surface area contributed by atoms with Crippen LogP contribution in [-0.4, -0.2) is 23.1 Å². The Labute approximate surface area is 114 Å². The number of benzene rings is 2. The van der Waals surface area contributed by atoms with Gasteiger partial charge in [-0.05, 0) is 18.2 Å². The van der Waals surface area contributed by atoms with Crippen LogP contribution < -0.4 is 4.74 Å². The Bertz CT molecular complexity index is 795. The zero-order valence-corrected chi connectivity index (χ0v) is 10.7. The summed E-state index contributed by atoms with van der Waals surface area (Å²) in [6.07, 6.45) is 0. The van der Waals surface area contributed by atoms with E-state index in [1.54, 1.807) is 24.3 Å². The Morgan fingerprint density at radius 3 is 2.80 bits per heavy atom. The second-order valence-electron chi connectivity index (χ2n) is 4.26. The van der Waals surface area contributed by atoms with Gasteiger partial charge in [0, 0.05) is 5.39 Å². The number of fused-ring (bicyclic) bond motifs is 1. The maximum absolute atomic E-state index is 13.9. The van der Waals surface area contributed by atoms with E-state index in [1.165, 1.54) is 19.2 Å². The second-order valence-corrected chi connectivity index (χ2v) is 4.26. The Morgan fingerprint density at radius 1 is 1.20 bits per heavy atom. The third-order valence-corrected chi connectivity index (χ3v) is 3.11. The van der Waals surface area contributed by atoms with Crippen LogP contribution in [0.2, 0.25) is 0 Å². The molecule has 0 aliphatic carbocycles. The number of H-pyrrole nitrogens is 1. The summed E-state index contributed by atoms with van der Waals surface area (Å²) in [7, 11) is 1.40. The molecule has 0 atom stereocenters. The van der Waals surface area contributed by atoms with Crippen LogP contribution in [0.1, 0.15) is 16.1 Å². The molecule has 2 aromatic carbocycles. The van der Waals surface area contributed by atoms with Gasteiger partial charge in [0.25, 0.3) is 0 Å². The molecule has 5 heteroatoms. The molecular weight excluding hydrogens is 259 g/mol. The molecule has 0 amide bonds. The number of nitrogens with one attached hydrogen (secondary N) is 1. The van der Waals surface area contributed by atoms with Crippen LogP contribution >= 0.6 is 0 Å². The van der Waals surface area contributed by atoms with E-state index in [1.807, 2.05) is 6.07 Å². The lowest BCUT2D eigenvalue weighted by atomic mass is 10.0. The highest BCUT2D eigenvalue weighted by Gasteiger charge is 2.23. The summed E-state index contributed by atoms with van der Waals surface area (Å²) >= 11 is 0. The first kappa shape index (κ1) is 12.3. The number of carbonyl (C=O) groups excluding carboxylic acids is 1. The van der Waals surface area contributed by atoms with Crippen LogP contribution in [0.3, 0.4) is 0 Å². The van der Waals surface area contributed by atoms with Gasteiger partial charge in [0.2, 0.25) is 5.78 Å². The summed E-state index contributed by atoms with van der Waals surface area (Å²) in [5.74, 6) is -0.930. The van der Waals surface area contributed by atoms with Crippen molar-refractivity contribution in [2.75, 3.05) is 7.11 Å². The minimum Gasteiger partial charge on any atom is -0.496 e. The van der Waals surface area contributed by atoms with E-state index in [0.717, 1.165) is 5.52 Å². The highest BCUT2D eigenvalue weighted by Crippen LogP contribution is 2.26. The van der Waals surface area contributed by atoms with E-state index in [2.05, 4.69) is 10.2 Å². The van der Waals surface area contributed by atoms with Crippen LogP contribution in [0, 0.1) is 5.82 Å². The molecular formula is C15H11FN2O2. The van der Waals surface area contributed by atoms with E-state index in [-0.39, 0.29) is 17.0 Å². The Balaban J connectivity index is 2.19. The average Bonchev–Trinajstić information content (AvgIpc) is 2.90. The lowest BCUT2D eigenvalue weighted by molar-refractivity contribution is 0.102. The van der Waals surface area contributed by atoms with E-state index in [0.29, 0.717) is 5.39 Å². The summed E-state index contributed by atoms with van der Waals surface area (Å²) in [6.45, 7) is 0. The molecule has 4 nitrogen and oxygen atoms in total. The lowest BCUT2D eigenvalue weighted by Gasteiger charge is -2.07. The Hall–Kier alpha value is -2.69. The molecule has 1 N–H and O–H groups in total. The molecule has 0 unspecified atom stereocenters. The highest BCUT2D eigenvalue weighted by molar-refractivity contribution is 6.16. The minimum absolute atomic E-state index is 0.104. The van der Waals surface area contributed by atoms with Crippen molar-refractivity contribution in [3.8, 4) is 5.75 Å². The molecule has 0 spiro atoms. The number of para-hydroxylation sites is 1. The standard InChI is InChI=1S/C15H11FN2O2/c1-20-12-8-4-6-10(16)13(12)15(19)14-9-5-2-3-7-11(9)17-18-14/h2-8H,1H3,(H,17,18). The van der Waals surface area contributed by atoms with E-state index >= 15 is 0 Å². The van der Waals surface area contributed by atoms with Gasteiger partial charge >= 0.3 is 0 Å². The van der Waals surface area contributed by atoms with Crippen molar-refractivity contribution >= 4 is 16.7 Å². The predicted molar refractivity (Wildman–Crippen MR) is 72.5 cm³/mol. The van der Waals surface area contributed by atoms with Gasteiger partial charge in [0.15, 0.2) is 0 Å². The largest absolute Gasteiger partial charge is 0.496 e. The maximum Gasteiger partial charge on any atom is 0.220 e. The van der Waals surface area contributed by atoms with Gasteiger partial charge in [-0.3, -0.25) is 9.89 Å². The normalized spacial score (nSPS) is 10.7. The molecule has 1 aromatic heterocycles. The summed E-state index contributed by atoms with van der Waals surface area (Å²) in [4.78, 5) is 12.5. The summed E-state index contributed by atoms with van der Waals surface area (Å²) in [5, 5.41) is 7.41. The van der Waals surface area contributed by atoms with Crippen molar-refractivity contribution in [1.82, 2.24) is 10.2 Å². The Kier molecular flexibility index (Phi) is 2.95. The molecule has 0 saturated carbocycles. The first-order chi connectivity index (χ1) is 9.72. The van der Waals surface area contributed by atoms with Gasteiger partial charge in [0.1, 0.15) is 22.8 Å². The number of methoxy groups -OCH3 is 1. The number of aromatic nitrogens is 2. The first-order valence-corrected chi connectivity index (χ1v) is 6.02. The number of rotatable bonds is 3. The monoisotopic (exact) mass is 270 g/mol. The van der Waals surface area contributed by atoms with Gasteiger partial charge in [0.05, 0.1) is 12.6 Å². The molecule has 0 fully saturated rings.